The third kappa shape index (κ3) is 4.64. The number of nitrogens with zero attached hydrogens (tertiary/aromatic N) is 1. The summed E-state index contributed by atoms with van der Waals surface area (Å²) in [6, 6.07) is 16.0. The van der Waals surface area contributed by atoms with E-state index >= 15 is 0 Å². The Hall–Kier alpha value is -2.75. The van der Waals surface area contributed by atoms with Gasteiger partial charge in [0.15, 0.2) is 0 Å². The van der Waals surface area contributed by atoms with Crippen molar-refractivity contribution in [3.05, 3.63) is 54.1 Å². The summed E-state index contributed by atoms with van der Waals surface area (Å²) in [5.74, 6) is 0.787. The van der Waals surface area contributed by atoms with Gasteiger partial charge in [0, 0.05) is 5.39 Å². The molecule has 2 aromatic carbocycles. The molecule has 0 aliphatic rings. The lowest BCUT2D eigenvalue weighted by atomic mass is 10.00. The lowest BCUT2D eigenvalue weighted by molar-refractivity contribution is 0.0547. The number of ether oxygens (including phenoxy) is 2. The van der Waals surface area contributed by atoms with Gasteiger partial charge < -0.3 is 9.47 Å². The summed E-state index contributed by atoms with van der Waals surface area (Å²) in [7, 11) is 1.67. The highest BCUT2D eigenvalue weighted by Crippen LogP contribution is 2.37. The SMILES string of the molecule is CCCCCc1c(-c2ccccc2)n(C(=O)OC(C)(C)C)c2ccc(OC)cc12. The van der Waals surface area contributed by atoms with Gasteiger partial charge in [-0.3, -0.25) is 0 Å². The van der Waals surface area contributed by atoms with Crippen molar-refractivity contribution in [2.75, 3.05) is 7.11 Å². The van der Waals surface area contributed by atoms with Crippen LogP contribution in [0.5, 0.6) is 5.75 Å². The fraction of sp³-hybridized carbons (Fsp3) is 0.400. The zero-order chi connectivity index (χ0) is 21.0. The molecule has 29 heavy (non-hydrogen) atoms. The van der Waals surface area contributed by atoms with E-state index in [1.54, 1.807) is 11.7 Å². The van der Waals surface area contributed by atoms with Crippen molar-refractivity contribution in [3.63, 3.8) is 0 Å². The maximum atomic E-state index is 13.3. The van der Waals surface area contributed by atoms with Gasteiger partial charge in [-0.15, -0.1) is 0 Å². The topological polar surface area (TPSA) is 40.5 Å². The molecule has 0 bridgehead atoms. The average Bonchev–Trinajstić information content (AvgIpc) is 3.01. The molecule has 4 nitrogen and oxygen atoms in total. The minimum Gasteiger partial charge on any atom is -0.497 e. The predicted molar refractivity (Wildman–Crippen MR) is 119 cm³/mol. The van der Waals surface area contributed by atoms with Crippen LogP contribution in [0, 0.1) is 0 Å². The van der Waals surface area contributed by atoms with E-state index in [0.717, 1.165) is 53.6 Å². The number of benzene rings is 2. The number of aryl methyl sites for hydroxylation is 1. The van der Waals surface area contributed by atoms with Gasteiger partial charge in [0.2, 0.25) is 0 Å². The van der Waals surface area contributed by atoms with Crippen LogP contribution in [0.1, 0.15) is 52.5 Å². The average molecular weight is 394 g/mol. The monoisotopic (exact) mass is 393 g/mol. The number of methoxy groups -OCH3 is 1. The highest BCUT2D eigenvalue weighted by Gasteiger charge is 2.26. The van der Waals surface area contributed by atoms with Crippen LogP contribution in [0.2, 0.25) is 0 Å². The standard InChI is InChI=1S/C25H31NO3/c1-6-7-9-14-20-21-17-19(28-5)15-16-22(21)26(24(27)29-25(2,3)4)23(20)18-12-10-8-11-13-18/h8,10-13,15-17H,6-7,9,14H2,1-5H3. The number of carbonyl (C=O) groups excluding carboxylic acids is 1. The number of hydrogen-bond donors (Lipinski definition) is 0. The highest BCUT2D eigenvalue weighted by atomic mass is 16.6. The Balaban J connectivity index is 2.29. The summed E-state index contributed by atoms with van der Waals surface area (Å²) in [6.45, 7) is 7.88. The fourth-order valence-electron chi connectivity index (χ4n) is 3.66. The minimum absolute atomic E-state index is 0.353. The predicted octanol–water partition coefficient (Wildman–Crippen LogP) is 6.83. The second kappa shape index (κ2) is 8.73. The smallest absolute Gasteiger partial charge is 0.419 e. The van der Waals surface area contributed by atoms with E-state index in [1.807, 2.05) is 57.2 Å². The van der Waals surface area contributed by atoms with Crippen LogP contribution in [0.15, 0.2) is 48.5 Å². The van der Waals surface area contributed by atoms with Crippen LogP contribution in [0.25, 0.3) is 22.2 Å². The summed E-state index contributed by atoms with van der Waals surface area (Å²) in [6.07, 6.45) is 3.91. The molecule has 154 valence electrons. The third-order valence-electron chi connectivity index (χ3n) is 4.93. The molecule has 1 heterocycles. The number of carbonyl (C=O) groups is 1. The molecule has 0 aliphatic carbocycles. The molecule has 4 heteroatoms. The largest absolute Gasteiger partial charge is 0.497 e. The molecule has 0 saturated heterocycles. The van der Waals surface area contributed by atoms with Crippen LogP contribution < -0.4 is 4.74 Å². The van der Waals surface area contributed by atoms with E-state index in [-0.39, 0.29) is 6.09 Å². The minimum atomic E-state index is -0.573. The van der Waals surface area contributed by atoms with Crippen LogP contribution in [0.3, 0.4) is 0 Å². The molecule has 0 unspecified atom stereocenters. The maximum Gasteiger partial charge on any atom is 0.419 e. The van der Waals surface area contributed by atoms with Crippen LogP contribution >= 0.6 is 0 Å². The normalized spacial score (nSPS) is 11.6. The van der Waals surface area contributed by atoms with Gasteiger partial charge in [-0.25, -0.2) is 9.36 Å². The number of rotatable bonds is 6. The van der Waals surface area contributed by atoms with Crippen molar-refractivity contribution < 1.29 is 14.3 Å². The number of fused-ring (bicyclic) bond motifs is 1. The Morgan fingerprint density at radius 1 is 1.03 bits per heavy atom. The first-order valence-electron chi connectivity index (χ1n) is 10.4. The van der Waals surface area contributed by atoms with Crippen molar-refractivity contribution in [3.8, 4) is 17.0 Å². The summed E-state index contributed by atoms with van der Waals surface area (Å²) in [4.78, 5) is 13.3. The van der Waals surface area contributed by atoms with E-state index in [1.165, 1.54) is 5.56 Å². The van der Waals surface area contributed by atoms with E-state index in [0.29, 0.717) is 0 Å². The zero-order valence-corrected chi connectivity index (χ0v) is 18.1. The van der Waals surface area contributed by atoms with E-state index < -0.39 is 5.60 Å². The first-order valence-corrected chi connectivity index (χ1v) is 10.4. The second-order valence-corrected chi connectivity index (χ2v) is 8.35. The van der Waals surface area contributed by atoms with Gasteiger partial charge >= 0.3 is 6.09 Å². The quantitative estimate of drug-likeness (QED) is 0.431. The van der Waals surface area contributed by atoms with Crippen LogP contribution in [-0.2, 0) is 11.2 Å². The lowest BCUT2D eigenvalue weighted by Crippen LogP contribution is -2.27. The van der Waals surface area contributed by atoms with Crippen molar-refractivity contribution in [1.82, 2.24) is 4.57 Å². The molecule has 0 fully saturated rings. The van der Waals surface area contributed by atoms with Gasteiger partial charge in [0.1, 0.15) is 11.4 Å². The van der Waals surface area contributed by atoms with Gasteiger partial charge in [-0.2, -0.15) is 0 Å². The van der Waals surface area contributed by atoms with Gasteiger partial charge in [-0.1, -0.05) is 50.1 Å². The second-order valence-electron chi connectivity index (χ2n) is 8.35. The molecule has 3 aromatic rings. The van der Waals surface area contributed by atoms with Crippen LogP contribution in [0.4, 0.5) is 4.79 Å². The van der Waals surface area contributed by atoms with E-state index in [9.17, 15) is 4.79 Å². The van der Waals surface area contributed by atoms with Crippen molar-refractivity contribution in [2.45, 2.75) is 59.0 Å². The first-order chi connectivity index (χ1) is 13.9. The molecular weight excluding hydrogens is 362 g/mol. The van der Waals surface area contributed by atoms with Gasteiger partial charge in [0.05, 0.1) is 18.3 Å². The van der Waals surface area contributed by atoms with Gasteiger partial charge in [0.25, 0.3) is 0 Å². The Labute approximate surface area is 173 Å². The summed E-state index contributed by atoms with van der Waals surface area (Å²) < 4.78 is 13.0. The molecule has 0 aliphatic heterocycles. The molecule has 0 radical (unpaired) electrons. The molecule has 0 atom stereocenters. The number of aromatic nitrogens is 1. The number of unbranched alkanes of at least 4 members (excludes halogenated alkanes) is 2. The van der Waals surface area contributed by atoms with Crippen molar-refractivity contribution >= 4 is 17.0 Å². The van der Waals surface area contributed by atoms with E-state index in [4.69, 9.17) is 9.47 Å². The lowest BCUT2D eigenvalue weighted by Gasteiger charge is -2.21. The molecule has 3 rings (SSSR count). The highest BCUT2D eigenvalue weighted by molar-refractivity contribution is 6.00. The molecular formula is C25H31NO3. The van der Waals surface area contributed by atoms with Crippen molar-refractivity contribution in [1.29, 1.82) is 0 Å². The molecule has 1 aromatic heterocycles. The Morgan fingerprint density at radius 3 is 2.38 bits per heavy atom. The summed E-state index contributed by atoms with van der Waals surface area (Å²) in [5, 5.41) is 1.05. The summed E-state index contributed by atoms with van der Waals surface area (Å²) >= 11 is 0. The number of hydrogen-bond acceptors (Lipinski definition) is 3. The zero-order valence-electron chi connectivity index (χ0n) is 18.1. The molecule has 0 saturated carbocycles. The van der Waals surface area contributed by atoms with Crippen LogP contribution in [-0.4, -0.2) is 23.4 Å². The first kappa shape index (κ1) is 21.0. The molecule has 0 N–H and O–H groups in total. The van der Waals surface area contributed by atoms with E-state index in [2.05, 4.69) is 19.1 Å². The summed E-state index contributed by atoms with van der Waals surface area (Å²) in [5.41, 5.74) is 3.38. The maximum absolute atomic E-state index is 13.3. The fourth-order valence-corrected chi connectivity index (χ4v) is 3.66. The third-order valence-corrected chi connectivity index (χ3v) is 4.93. The van der Waals surface area contributed by atoms with Crippen molar-refractivity contribution in [2.24, 2.45) is 0 Å². The molecule has 0 spiro atoms. The Morgan fingerprint density at radius 2 is 1.76 bits per heavy atom. The van der Waals surface area contributed by atoms with Gasteiger partial charge in [-0.05, 0) is 62.9 Å². The molecule has 0 amide bonds. The Bertz CT molecular complexity index is 981. The Kier molecular flexibility index (Phi) is 6.31.